The van der Waals surface area contributed by atoms with Gasteiger partial charge < -0.3 is 19.5 Å². The molecule has 3 aromatic carbocycles. The van der Waals surface area contributed by atoms with Crippen LogP contribution in [0.2, 0.25) is 0 Å². The summed E-state index contributed by atoms with van der Waals surface area (Å²) in [6.45, 7) is 8.11. The van der Waals surface area contributed by atoms with Crippen molar-refractivity contribution in [1.29, 1.82) is 0 Å². The summed E-state index contributed by atoms with van der Waals surface area (Å²) in [7, 11) is 0. The van der Waals surface area contributed by atoms with E-state index in [1.807, 2.05) is 86.6 Å². The Labute approximate surface area is 229 Å². The van der Waals surface area contributed by atoms with E-state index < -0.39 is 17.7 Å². The molecule has 1 N–H and O–H groups in total. The average molecular weight is 527 g/mol. The molecule has 7 heteroatoms. The second-order valence-electron chi connectivity index (χ2n) is 10.1. The largest absolute Gasteiger partial charge is 0.507 e. The first-order valence-electron chi connectivity index (χ1n) is 13.3. The number of nitrogens with zero attached hydrogens (tertiary/aromatic N) is 2. The third-order valence-corrected chi connectivity index (χ3v) is 7.39. The van der Waals surface area contributed by atoms with E-state index in [4.69, 9.17) is 9.47 Å². The molecule has 2 heterocycles. The number of hydrogen-bond donors (Lipinski definition) is 1. The zero-order valence-corrected chi connectivity index (χ0v) is 22.4. The van der Waals surface area contributed by atoms with Crippen LogP contribution in [0.5, 0.6) is 5.75 Å². The summed E-state index contributed by atoms with van der Waals surface area (Å²) in [6, 6.07) is 22.4. The number of aliphatic hydroxyl groups is 1. The summed E-state index contributed by atoms with van der Waals surface area (Å²) < 4.78 is 11.4. The van der Waals surface area contributed by atoms with E-state index in [-0.39, 0.29) is 11.3 Å². The number of aryl methyl sites for hydroxylation is 2. The molecular weight excluding hydrogens is 492 g/mol. The van der Waals surface area contributed by atoms with Crippen LogP contribution in [0.4, 0.5) is 0 Å². The van der Waals surface area contributed by atoms with Crippen LogP contribution >= 0.6 is 0 Å². The lowest BCUT2D eigenvalue weighted by Gasteiger charge is -2.31. The summed E-state index contributed by atoms with van der Waals surface area (Å²) >= 11 is 0. The molecule has 39 heavy (non-hydrogen) atoms. The van der Waals surface area contributed by atoms with E-state index in [9.17, 15) is 14.7 Å². The van der Waals surface area contributed by atoms with Gasteiger partial charge in [0.2, 0.25) is 0 Å². The molecule has 1 amide bonds. The van der Waals surface area contributed by atoms with Crippen LogP contribution in [0.1, 0.15) is 33.9 Å². The third kappa shape index (κ3) is 5.90. The van der Waals surface area contributed by atoms with E-state index in [1.54, 1.807) is 4.90 Å². The summed E-state index contributed by atoms with van der Waals surface area (Å²) in [5.41, 5.74) is 4.28. The number of aliphatic hydroxyl groups excluding tert-OH is 1. The van der Waals surface area contributed by atoms with Gasteiger partial charge in [0.1, 0.15) is 18.1 Å². The Kier molecular flexibility index (Phi) is 8.10. The van der Waals surface area contributed by atoms with Crippen molar-refractivity contribution in [3.05, 3.63) is 106 Å². The Morgan fingerprint density at radius 1 is 0.949 bits per heavy atom. The second kappa shape index (κ2) is 11.8. The molecule has 0 aliphatic carbocycles. The minimum Gasteiger partial charge on any atom is -0.507 e. The number of carbonyl (C=O) groups is 2. The van der Waals surface area contributed by atoms with Crippen LogP contribution in [0.25, 0.3) is 5.76 Å². The van der Waals surface area contributed by atoms with Crippen LogP contribution < -0.4 is 4.74 Å². The lowest BCUT2D eigenvalue weighted by molar-refractivity contribution is -0.140. The normalized spacial score (nSPS) is 19.4. The summed E-state index contributed by atoms with van der Waals surface area (Å²) in [6.07, 6.45) is 0. The predicted molar refractivity (Wildman–Crippen MR) is 149 cm³/mol. The van der Waals surface area contributed by atoms with E-state index in [2.05, 4.69) is 4.90 Å². The van der Waals surface area contributed by atoms with Crippen molar-refractivity contribution in [2.45, 2.75) is 26.5 Å². The van der Waals surface area contributed by atoms with Crippen molar-refractivity contribution in [2.75, 3.05) is 39.4 Å². The summed E-state index contributed by atoms with van der Waals surface area (Å²) in [4.78, 5) is 30.6. The van der Waals surface area contributed by atoms with Gasteiger partial charge in [-0.3, -0.25) is 14.5 Å². The Morgan fingerprint density at radius 3 is 2.38 bits per heavy atom. The Bertz CT molecular complexity index is 1360. The molecule has 0 aromatic heterocycles. The molecular formula is C32H34N2O5. The number of carbonyl (C=O) groups excluding carboxylic acids is 2. The van der Waals surface area contributed by atoms with Gasteiger partial charge in [-0.2, -0.15) is 0 Å². The molecule has 2 fully saturated rings. The van der Waals surface area contributed by atoms with Gasteiger partial charge in [-0.05, 0) is 48.7 Å². The summed E-state index contributed by atoms with van der Waals surface area (Å²) in [5.74, 6) is -0.713. The molecule has 2 aliphatic rings. The Morgan fingerprint density at radius 2 is 1.67 bits per heavy atom. The summed E-state index contributed by atoms with van der Waals surface area (Å²) in [5, 5.41) is 11.5. The molecule has 0 saturated carbocycles. The molecule has 0 spiro atoms. The zero-order valence-electron chi connectivity index (χ0n) is 22.4. The van der Waals surface area contributed by atoms with E-state index in [0.717, 1.165) is 35.3 Å². The molecule has 7 nitrogen and oxygen atoms in total. The van der Waals surface area contributed by atoms with Gasteiger partial charge in [-0.15, -0.1) is 0 Å². The highest BCUT2D eigenvalue weighted by Crippen LogP contribution is 2.40. The average Bonchev–Trinajstić information content (AvgIpc) is 3.22. The number of ether oxygens (including phenoxy) is 2. The maximum atomic E-state index is 13.4. The quantitative estimate of drug-likeness (QED) is 0.262. The zero-order chi connectivity index (χ0) is 27.4. The Balaban J connectivity index is 1.47. The Hall–Kier alpha value is -3.94. The van der Waals surface area contributed by atoms with E-state index in [1.165, 1.54) is 0 Å². The number of rotatable bonds is 8. The molecule has 1 unspecified atom stereocenters. The molecule has 1 atom stereocenters. The highest BCUT2D eigenvalue weighted by Gasteiger charge is 2.46. The fourth-order valence-electron chi connectivity index (χ4n) is 5.15. The van der Waals surface area contributed by atoms with Crippen LogP contribution in [-0.4, -0.2) is 66.0 Å². The standard InChI is InChI=1S/C32H34N2O5/c1-22-8-9-23(2)27(20-22)30(35)28-29(34(32(37)31(28)36)15-14-33-16-18-38-19-17-33)25-10-12-26(13-11-25)39-21-24-6-4-3-5-7-24/h3-13,20,29,35H,14-19,21H2,1-2H3/b30-28+. The predicted octanol–water partition coefficient (Wildman–Crippen LogP) is 4.64. The minimum atomic E-state index is -0.700. The van der Waals surface area contributed by atoms with Gasteiger partial charge >= 0.3 is 0 Å². The van der Waals surface area contributed by atoms with Crippen molar-refractivity contribution in [3.63, 3.8) is 0 Å². The maximum Gasteiger partial charge on any atom is 0.295 e. The molecule has 0 bridgehead atoms. The second-order valence-corrected chi connectivity index (χ2v) is 10.1. The number of ketones is 1. The minimum absolute atomic E-state index is 0.119. The van der Waals surface area contributed by atoms with Crippen LogP contribution in [-0.2, 0) is 20.9 Å². The smallest absolute Gasteiger partial charge is 0.295 e. The number of morpholine rings is 1. The first-order chi connectivity index (χ1) is 18.9. The SMILES string of the molecule is Cc1ccc(C)c(/C(O)=C2\C(=O)C(=O)N(CCN3CCOCC3)C2c2ccc(OCc3ccccc3)cc2)c1. The van der Waals surface area contributed by atoms with E-state index in [0.29, 0.717) is 44.2 Å². The maximum absolute atomic E-state index is 13.4. The van der Waals surface area contributed by atoms with Gasteiger partial charge in [0.05, 0.1) is 24.8 Å². The number of likely N-dealkylation sites (tertiary alicyclic amines) is 1. The molecule has 202 valence electrons. The van der Waals surface area contributed by atoms with Crippen molar-refractivity contribution in [2.24, 2.45) is 0 Å². The van der Waals surface area contributed by atoms with Gasteiger partial charge in [0.15, 0.2) is 0 Å². The first kappa shape index (κ1) is 26.7. The third-order valence-electron chi connectivity index (χ3n) is 7.39. The topological polar surface area (TPSA) is 79.3 Å². The van der Waals surface area contributed by atoms with Crippen LogP contribution in [0, 0.1) is 13.8 Å². The van der Waals surface area contributed by atoms with Crippen molar-refractivity contribution >= 4 is 17.4 Å². The van der Waals surface area contributed by atoms with Crippen molar-refractivity contribution < 1.29 is 24.2 Å². The monoisotopic (exact) mass is 526 g/mol. The van der Waals surface area contributed by atoms with E-state index >= 15 is 0 Å². The number of benzene rings is 3. The number of amides is 1. The number of hydrogen-bond acceptors (Lipinski definition) is 6. The van der Waals surface area contributed by atoms with Gasteiger partial charge in [0, 0.05) is 31.7 Å². The van der Waals surface area contributed by atoms with Crippen molar-refractivity contribution in [3.8, 4) is 5.75 Å². The van der Waals surface area contributed by atoms with Gasteiger partial charge in [-0.25, -0.2) is 0 Å². The molecule has 0 radical (unpaired) electrons. The fraction of sp³-hybridized carbons (Fsp3) is 0.312. The van der Waals surface area contributed by atoms with Crippen LogP contribution in [0.15, 0.2) is 78.4 Å². The van der Waals surface area contributed by atoms with Crippen molar-refractivity contribution in [1.82, 2.24) is 9.80 Å². The number of Topliss-reactive ketones (excluding diaryl/α,β-unsaturated/α-hetero) is 1. The molecule has 2 aliphatic heterocycles. The molecule has 3 aromatic rings. The van der Waals surface area contributed by atoms with Gasteiger partial charge in [0.25, 0.3) is 11.7 Å². The molecule has 2 saturated heterocycles. The first-order valence-corrected chi connectivity index (χ1v) is 13.3. The highest BCUT2D eigenvalue weighted by molar-refractivity contribution is 6.46. The lowest BCUT2D eigenvalue weighted by atomic mass is 9.93. The highest BCUT2D eigenvalue weighted by atomic mass is 16.5. The van der Waals surface area contributed by atoms with Gasteiger partial charge in [-0.1, -0.05) is 60.2 Å². The van der Waals surface area contributed by atoms with Crippen LogP contribution in [0.3, 0.4) is 0 Å². The fourth-order valence-corrected chi connectivity index (χ4v) is 5.15. The lowest BCUT2D eigenvalue weighted by Crippen LogP contribution is -2.42. The molecule has 5 rings (SSSR count).